The molecule has 3 aromatic rings. The summed E-state index contributed by atoms with van der Waals surface area (Å²) >= 11 is 12.9. The molecule has 0 saturated carbocycles. The lowest BCUT2D eigenvalue weighted by Gasteiger charge is -2.33. The molecule has 7 heteroatoms. The van der Waals surface area contributed by atoms with Crippen molar-refractivity contribution in [2.24, 2.45) is 5.92 Å². The number of halogens is 1. The summed E-state index contributed by atoms with van der Waals surface area (Å²) in [4.78, 5) is 9.35. The topological polar surface area (TPSA) is 36.3 Å². The zero-order valence-corrected chi connectivity index (χ0v) is 23.4. The third kappa shape index (κ3) is 4.50. The second kappa shape index (κ2) is 10.1. The summed E-state index contributed by atoms with van der Waals surface area (Å²) < 4.78 is 2.40. The maximum absolute atomic E-state index is 6.93. The van der Waals surface area contributed by atoms with Gasteiger partial charge in [-0.15, -0.1) is 0 Å². The highest BCUT2D eigenvalue weighted by Gasteiger charge is 2.42. The smallest absolute Gasteiger partial charge is 0.174 e. The second-order valence-corrected chi connectivity index (χ2v) is 11.4. The van der Waals surface area contributed by atoms with Crippen LogP contribution >= 0.6 is 23.8 Å². The van der Waals surface area contributed by atoms with E-state index in [4.69, 9.17) is 28.8 Å². The molecule has 190 valence electrons. The van der Waals surface area contributed by atoms with Crippen LogP contribution in [0.2, 0.25) is 5.02 Å². The van der Waals surface area contributed by atoms with E-state index in [9.17, 15) is 0 Å². The van der Waals surface area contributed by atoms with Crippen molar-refractivity contribution >= 4 is 40.3 Å². The van der Waals surface area contributed by atoms with Crippen molar-refractivity contribution in [2.75, 3.05) is 22.9 Å². The minimum absolute atomic E-state index is 0.0381. The van der Waals surface area contributed by atoms with Gasteiger partial charge in [0.1, 0.15) is 0 Å². The van der Waals surface area contributed by atoms with Gasteiger partial charge in [-0.1, -0.05) is 24.6 Å². The van der Waals surface area contributed by atoms with E-state index in [1.807, 2.05) is 18.3 Å². The highest BCUT2D eigenvalue weighted by atomic mass is 35.5. The van der Waals surface area contributed by atoms with E-state index in [2.05, 4.69) is 84.6 Å². The number of thiocarbonyl (C=S) groups is 1. The molecular weight excluding hydrogens is 486 g/mol. The van der Waals surface area contributed by atoms with Crippen LogP contribution < -0.4 is 15.1 Å². The highest BCUT2D eigenvalue weighted by molar-refractivity contribution is 7.80. The van der Waals surface area contributed by atoms with Crippen molar-refractivity contribution in [1.29, 1.82) is 0 Å². The number of hydrogen-bond donors (Lipinski definition) is 1. The summed E-state index contributed by atoms with van der Waals surface area (Å²) in [5.74, 6) is 0.779. The molecule has 5 rings (SSSR count). The third-order valence-electron chi connectivity index (χ3n) is 7.79. The Bertz CT molecular complexity index is 1250. The van der Waals surface area contributed by atoms with Crippen LogP contribution in [0, 0.1) is 19.8 Å². The number of benzene rings is 1. The van der Waals surface area contributed by atoms with Gasteiger partial charge in [-0.2, -0.15) is 0 Å². The molecule has 36 heavy (non-hydrogen) atoms. The van der Waals surface area contributed by atoms with E-state index in [0.717, 1.165) is 41.1 Å². The summed E-state index contributed by atoms with van der Waals surface area (Å²) in [5, 5.41) is 5.06. The summed E-state index contributed by atoms with van der Waals surface area (Å²) in [6.45, 7) is 13.3. The number of pyridine rings is 1. The number of rotatable bonds is 5. The molecule has 2 fully saturated rings. The van der Waals surface area contributed by atoms with E-state index < -0.39 is 0 Å². The van der Waals surface area contributed by atoms with E-state index in [-0.39, 0.29) is 12.1 Å². The molecule has 5 nitrogen and oxygen atoms in total. The van der Waals surface area contributed by atoms with Crippen LogP contribution in [0.4, 0.5) is 11.4 Å². The lowest BCUT2D eigenvalue weighted by molar-refractivity contribution is 0.438. The predicted octanol–water partition coefficient (Wildman–Crippen LogP) is 7.15. The first-order chi connectivity index (χ1) is 17.3. The minimum atomic E-state index is -0.0677. The third-order valence-corrected chi connectivity index (χ3v) is 8.41. The molecule has 0 aliphatic carbocycles. The number of piperidine rings is 1. The number of aryl methyl sites for hydroxylation is 1. The lowest BCUT2D eigenvalue weighted by Crippen LogP contribution is -2.33. The van der Waals surface area contributed by atoms with Crippen LogP contribution in [-0.2, 0) is 0 Å². The quantitative estimate of drug-likeness (QED) is 0.361. The van der Waals surface area contributed by atoms with Crippen molar-refractivity contribution < 1.29 is 0 Å². The summed E-state index contributed by atoms with van der Waals surface area (Å²) in [7, 11) is 0. The van der Waals surface area contributed by atoms with Crippen LogP contribution in [0.3, 0.4) is 0 Å². The fraction of sp³-hybridized carbons (Fsp3) is 0.448. The number of nitrogens with one attached hydrogen (secondary N) is 1. The van der Waals surface area contributed by atoms with E-state index in [1.165, 1.54) is 29.8 Å². The standard InChI is InChI=1S/C29H36ClN5S/c1-18(2)34-20(4)16-23(21(34)5)28-27(25-8-6-7-13-31-25)32-29(36)35(28)22-9-10-26(24(30)17-22)33-14-11-19(3)12-15-33/h6-10,13,16-19,27-28H,11-12,14-15H2,1-5H3,(H,32,36)/t27-,28-/m1/s1. The second-order valence-electron chi connectivity index (χ2n) is 10.6. The average molecular weight is 522 g/mol. The van der Waals surface area contributed by atoms with E-state index in [0.29, 0.717) is 11.2 Å². The Morgan fingerprint density at radius 1 is 1.08 bits per heavy atom. The molecule has 0 amide bonds. The molecule has 1 N–H and O–H groups in total. The monoisotopic (exact) mass is 521 g/mol. The predicted molar refractivity (Wildman–Crippen MR) is 154 cm³/mol. The molecule has 2 aromatic heterocycles. The molecule has 2 saturated heterocycles. The van der Waals surface area contributed by atoms with Gasteiger partial charge >= 0.3 is 0 Å². The summed E-state index contributed by atoms with van der Waals surface area (Å²) in [6.07, 6.45) is 4.26. The van der Waals surface area contributed by atoms with Crippen molar-refractivity contribution in [2.45, 2.75) is 65.6 Å². The van der Waals surface area contributed by atoms with Gasteiger partial charge in [0, 0.05) is 42.4 Å². The fourth-order valence-electron chi connectivity index (χ4n) is 6.00. The number of anilines is 2. The van der Waals surface area contributed by atoms with Gasteiger partial charge in [0.25, 0.3) is 0 Å². The largest absolute Gasteiger partial charge is 0.370 e. The molecule has 2 aliphatic heterocycles. The fourth-order valence-corrected chi connectivity index (χ4v) is 6.64. The first kappa shape index (κ1) is 25.1. The number of aromatic nitrogens is 2. The van der Waals surface area contributed by atoms with Crippen LogP contribution in [0.25, 0.3) is 0 Å². The highest BCUT2D eigenvalue weighted by Crippen LogP contribution is 2.45. The molecule has 0 unspecified atom stereocenters. The Hall–Kier alpha value is -2.57. The van der Waals surface area contributed by atoms with Gasteiger partial charge in [-0.05, 0) is 101 Å². The Balaban J connectivity index is 1.57. The Morgan fingerprint density at radius 3 is 2.44 bits per heavy atom. The van der Waals surface area contributed by atoms with Gasteiger partial charge in [-0.25, -0.2) is 0 Å². The van der Waals surface area contributed by atoms with Gasteiger partial charge in [-0.3, -0.25) is 4.98 Å². The van der Waals surface area contributed by atoms with Gasteiger partial charge in [0.15, 0.2) is 5.11 Å². The number of nitrogens with zero attached hydrogens (tertiary/aromatic N) is 4. The molecule has 2 aliphatic rings. The minimum Gasteiger partial charge on any atom is -0.370 e. The van der Waals surface area contributed by atoms with Crippen molar-refractivity contribution in [1.82, 2.24) is 14.9 Å². The summed E-state index contributed by atoms with van der Waals surface area (Å²) in [5.41, 5.74) is 6.87. The van der Waals surface area contributed by atoms with Crippen molar-refractivity contribution in [3.8, 4) is 0 Å². The first-order valence-electron chi connectivity index (χ1n) is 13.0. The van der Waals surface area contributed by atoms with Crippen LogP contribution in [0.15, 0.2) is 48.7 Å². The van der Waals surface area contributed by atoms with Crippen LogP contribution in [-0.4, -0.2) is 27.8 Å². The Labute approximate surface area is 225 Å². The van der Waals surface area contributed by atoms with Crippen LogP contribution in [0.1, 0.15) is 74.4 Å². The van der Waals surface area contributed by atoms with Crippen molar-refractivity contribution in [3.63, 3.8) is 0 Å². The van der Waals surface area contributed by atoms with E-state index in [1.54, 1.807) is 0 Å². The molecule has 0 spiro atoms. The zero-order chi connectivity index (χ0) is 25.6. The van der Waals surface area contributed by atoms with E-state index >= 15 is 0 Å². The Kier molecular flexibility index (Phi) is 7.01. The molecule has 4 heterocycles. The maximum atomic E-state index is 6.93. The molecule has 2 atom stereocenters. The zero-order valence-electron chi connectivity index (χ0n) is 21.8. The molecule has 0 radical (unpaired) electrons. The molecular formula is C29H36ClN5S. The van der Waals surface area contributed by atoms with Gasteiger partial charge in [0.05, 0.1) is 28.5 Å². The van der Waals surface area contributed by atoms with Gasteiger partial charge in [0.2, 0.25) is 0 Å². The van der Waals surface area contributed by atoms with Gasteiger partial charge < -0.3 is 19.7 Å². The number of hydrogen-bond acceptors (Lipinski definition) is 3. The lowest BCUT2D eigenvalue weighted by atomic mass is 9.96. The first-order valence-corrected chi connectivity index (χ1v) is 13.8. The maximum Gasteiger partial charge on any atom is 0.174 e. The molecule has 1 aromatic carbocycles. The summed E-state index contributed by atoms with van der Waals surface area (Å²) in [6, 6.07) is 15.1. The SMILES string of the molecule is Cc1cc([C@@H]2[C@@H](c3ccccn3)NC(=S)N2c2ccc(N3CCC(C)CC3)c(Cl)c2)c(C)n1C(C)C. The van der Waals surface area contributed by atoms with Crippen LogP contribution in [0.5, 0.6) is 0 Å². The van der Waals surface area contributed by atoms with Crippen molar-refractivity contribution in [3.05, 3.63) is 76.3 Å². The normalized spacial score (nSPS) is 20.9. The average Bonchev–Trinajstić information content (AvgIpc) is 3.35. The molecule has 0 bridgehead atoms. The Morgan fingerprint density at radius 2 is 1.83 bits per heavy atom.